The summed E-state index contributed by atoms with van der Waals surface area (Å²) in [5.41, 5.74) is 0.965. The molecule has 1 saturated heterocycles. The van der Waals surface area contributed by atoms with Crippen molar-refractivity contribution in [2.24, 2.45) is 0 Å². The number of unbranched alkanes of at least 4 members (excludes halogenated alkanes) is 20. The Labute approximate surface area is 350 Å². The average molecular weight is 819 g/mol. The van der Waals surface area contributed by atoms with Crippen molar-refractivity contribution in [3.63, 3.8) is 0 Å². The third-order valence-corrected chi connectivity index (χ3v) is 16.5. The van der Waals surface area contributed by atoms with Crippen molar-refractivity contribution in [2.75, 3.05) is 13.7 Å². The number of carbonyl (C=O) groups excluding carboxylic acids is 2. The normalized spacial score (nSPS) is 20.1. The number of hydrogen-bond donors (Lipinski definition) is 0. The first-order valence-corrected chi connectivity index (χ1v) is 26.2. The van der Waals surface area contributed by atoms with Crippen LogP contribution in [0.2, 0.25) is 18.1 Å². The van der Waals surface area contributed by atoms with Crippen molar-refractivity contribution in [1.82, 2.24) is 0 Å². The minimum atomic E-state index is -2.21. The van der Waals surface area contributed by atoms with Crippen molar-refractivity contribution in [2.45, 2.75) is 244 Å². The molecule has 1 aromatic carbocycles. The van der Waals surface area contributed by atoms with E-state index in [2.05, 4.69) is 47.7 Å². The number of methoxy groups -OCH3 is 1. The quantitative estimate of drug-likeness (QED) is 0.0393. The summed E-state index contributed by atoms with van der Waals surface area (Å²) in [4.78, 5) is 27.2. The van der Waals surface area contributed by atoms with E-state index in [1.807, 2.05) is 30.3 Å². The SMILES string of the molecule is CCCCCCCCCCCCCC(=O)O[C@@H]1[C@@H](OCc2ccccc2)[C@@H](OC)O[C@H](CO[Si](C)(C)C(C)(C)C)[C@H]1OC(=O)CCCCCCCCCCCCC. The molecule has 9 heteroatoms. The summed E-state index contributed by atoms with van der Waals surface area (Å²) in [6, 6.07) is 9.85. The van der Waals surface area contributed by atoms with Crippen molar-refractivity contribution in [1.29, 1.82) is 0 Å². The predicted molar refractivity (Wildman–Crippen MR) is 236 cm³/mol. The van der Waals surface area contributed by atoms with Crippen molar-refractivity contribution in [3.8, 4) is 0 Å². The zero-order valence-electron chi connectivity index (χ0n) is 37.9. The molecule has 0 radical (unpaired) electrons. The van der Waals surface area contributed by atoms with Crippen LogP contribution < -0.4 is 0 Å². The summed E-state index contributed by atoms with van der Waals surface area (Å²) in [6.07, 6.45) is 22.8. The molecule has 1 fully saturated rings. The van der Waals surface area contributed by atoms with Crippen LogP contribution in [0.15, 0.2) is 30.3 Å². The fraction of sp³-hybridized carbons (Fsp3) is 0.833. The van der Waals surface area contributed by atoms with Gasteiger partial charge in [0, 0.05) is 20.0 Å². The van der Waals surface area contributed by atoms with Gasteiger partial charge in [0.1, 0.15) is 12.2 Å². The summed E-state index contributed by atoms with van der Waals surface area (Å²) in [7, 11) is -0.645. The Morgan fingerprint density at radius 1 is 0.614 bits per heavy atom. The second kappa shape index (κ2) is 30.3. The number of rotatable bonds is 33. The van der Waals surface area contributed by atoms with Crippen molar-refractivity contribution < 1.29 is 37.7 Å². The highest BCUT2D eigenvalue weighted by Crippen LogP contribution is 2.38. The van der Waals surface area contributed by atoms with Gasteiger partial charge < -0.3 is 28.1 Å². The Hall–Kier alpha value is -1.78. The fourth-order valence-electron chi connectivity index (χ4n) is 7.22. The van der Waals surface area contributed by atoms with Crippen LogP contribution in [0.4, 0.5) is 0 Å². The minimum Gasteiger partial charge on any atom is -0.455 e. The molecule has 5 atom stereocenters. The average Bonchev–Trinajstić information content (AvgIpc) is 3.18. The van der Waals surface area contributed by atoms with E-state index in [1.165, 1.54) is 103 Å². The zero-order valence-corrected chi connectivity index (χ0v) is 38.9. The lowest BCUT2D eigenvalue weighted by Crippen LogP contribution is -2.63. The van der Waals surface area contributed by atoms with Gasteiger partial charge in [-0.2, -0.15) is 0 Å². The van der Waals surface area contributed by atoms with Crippen LogP contribution in [-0.4, -0.2) is 64.7 Å². The molecule has 0 aliphatic carbocycles. The molecule has 0 aromatic heterocycles. The van der Waals surface area contributed by atoms with E-state index in [-0.39, 0.29) is 30.2 Å². The van der Waals surface area contributed by atoms with Gasteiger partial charge in [-0.1, -0.05) is 193 Å². The van der Waals surface area contributed by atoms with E-state index < -0.39 is 39.0 Å². The molecular formula is C48H86O8Si. The molecule has 0 unspecified atom stereocenters. The molecule has 0 N–H and O–H groups in total. The zero-order chi connectivity index (χ0) is 41.8. The largest absolute Gasteiger partial charge is 0.455 e. The lowest BCUT2D eigenvalue weighted by molar-refractivity contribution is -0.309. The van der Waals surface area contributed by atoms with Crippen LogP contribution in [0.3, 0.4) is 0 Å². The first-order valence-electron chi connectivity index (χ1n) is 23.3. The Morgan fingerprint density at radius 2 is 1.04 bits per heavy atom. The second-order valence-electron chi connectivity index (χ2n) is 18.1. The molecular weight excluding hydrogens is 733 g/mol. The highest BCUT2D eigenvalue weighted by Gasteiger charge is 2.52. The van der Waals surface area contributed by atoms with Crippen LogP contribution in [0, 0.1) is 0 Å². The summed E-state index contributed by atoms with van der Waals surface area (Å²) >= 11 is 0. The number of carbonyl (C=O) groups is 2. The molecule has 0 saturated carbocycles. The summed E-state index contributed by atoms with van der Waals surface area (Å²) < 4.78 is 38.2. The molecule has 0 spiro atoms. The van der Waals surface area contributed by atoms with E-state index in [1.54, 1.807) is 7.11 Å². The number of hydrogen-bond acceptors (Lipinski definition) is 8. The number of ether oxygens (including phenoxy) is 5. The number of esters is 2. The molecule has 2 rings (SSSR count). The third kappa shape index (κ3) is 21.9. The molecule has 1 aliphatic rings. The van der Waals surface area contributed by atoms with E-state index in [0.29, 0.717) is 12.8 Å². The summed E-state index contributed by atoms with van der Waals surface area (Å²) in [5.74, 6) is -0.641. The van der Waals surface area contributed by atoms with E-state index in [4.69, 9.17) is 28.1 Å². The van der Waals surface area contributed by atoms with E-state index >= 15 is 0 Å². The Morgan fingerprint density at radius 3 is 1.46 bits per heavy atom. The van der Waals surface area contributed by atoms with Crippen LogP contribution in [-0.2, 0) is 44.3 Å². The van der Waals surface area contributed by atoms with Gasteiger partial charge in [0.2, 0.25) is 0 Å². The Balaban J connectivity index is 2.13. The maximum atomic E-state index is 13.6. The molecule has 0 amide bonds. The molecule has 8 nitrogen and oxygen atoms in total. The van der Waals surface area contributed by atoms with Crippen LogP contribution in [0.5, 0.6) is 0 Å². The second-order valence-corrected chi connectivity index (χ2v) is 22.9. The highest BCUT2D eigenvalue weighted by atomic mass is 28.4. The third-order valence-electron chi connectivity index (χ3n) is 12.0. The predicted octanol–water partition coefficient (Wildman–Crippen LogP) is 13.2. The van der Waals surface area contributed by atoms with Crippen LogP contribution >= 0.6 is 0 Å². The monoisotopic (exact) mass is 819 g/mol. The van der Waals surface area contributed by atoms with Crippen molar-refractivity contribution in [3.05, 3.63) is 35.9 Å². The standard InChI is InChI=1S/C48H86O8Si/c1-9-11-13-15-17-19-21-23-25-27-32-36-42(49)55-44-41(39-53-57(7,8)48(3,4)5)54-47(51-6)46(52-38-40-34-30-29-31-35-40)45(44)56-43(50)37-33-28-26-24-22-20-18-16-14-12-10-2/h29-31,34-35,41,44-47H,9-28,32-33,36-39H2,1-8H3/t41-,44-,45+,46-,47+/m1/s1. The molecule has 1 aromatic rings. The van der Waals surface area contributed by atoms with Gasteiger partial charge in [-0.05, 0) is 36.5 Å². The van der Waals surface area contributed by atoms with Crippen molar-refractivity contribution >= 4 is 20.3 Å². The van der Waals surface area contributed by atoms with E-state index in [9.17, 15) is 9.59 Å². The van der Waals surface area contributed by atoms with Gasteiger partial charge in [0.05, 0.1) is 13.2 Å². The first kappa shape index (κ1) is 51.4. The fourth-order valence-corrected chi connectivity index (χ4v) is 8.23. The van der Waals surface area contributed by atoms with Gasteiger partial charge >= 0.3 is 11.9 Å². The highest BCUT2D eigenvalue weighted by molar-refractivity contribution is 6.74. The maximum absolute atomic E-state index is 13.6. The van der Waals surface area contributed by atoms with Gasteiger partial charge in [-0.25, -0.2) is 0 Å². The van der Waals surface area contributed by atoms with Gasteiger partial charge in [0.15, 0.2) is 26.8 Å². The molecule has 330 valence electrons. The van der Waals surface area contributed by atoms with Crippen LogP contribution in [0.1, 0.15) is 194 Å². The lowest BCUT2D eigenvalue weighted by Gasteiger charge is -2.46. The smallest absolute Gasteiger partial charge is 0.306 e. The molecule has 1 heterocycles. The van der Waals surface area contributed by atoms with Gasteiger partial charge in [-0.15, -0.1) is 0 Å². The number of benzene rings is 1. The van der Waals surface area contributed by atoms with Gasteiger partial charge in [-0.3, -0.25) is 9.59 Å². The maximum Gasteiger partial charge on any atom is 0.306 e. The van der Waals surface area contributed by atoms with Crippen LogP contribution in [0.25, 0.3) is 0 Å². The van der Waals surface area contributed by atoms with Gasteiger partial charge in [0.25, 0.3) is 0 Å². The lowest BCUT2D eigenvalue weighted by atomic mass is 9.98. The first-order chi connectivity index (χ1) is 27.4. The topological polar surface area (TPSA) is 89.5 Å². The summed E-state index contributed by atoms with van der Waals surface area (Å²) in [6.45, 7) is 15.9. The Kier molecular flexibility index (Phi) is 27.3. The Bertz CT molecular complexity index is 1150. The summed E-state index contributed by atoms with van der Waals surface area (Å²) in [5, 5.41) is -0.0363. The van der Waals surface area contributed by atoms with E-state index in [0.717, 1.165) is 44.1 Å². The minimum absolute atomic E-state index is 0.0363. The molecule has 0 bridgehead atoms. The molecule has 57 heavy (non-hydrogen) atoms. The molecule has 1 aliphatic heterocycles.